The second-order valence-electron chi connectivity index (χ2n) is 7.53. The molecule has 32 heavy (non-hydrogen) atoms. The van der Waals surface area contributed by atoms with Crippen molar-refractivity contribution in [2.75, 3.05) is 23.4 Å². The molecule has 9 heteroatoms. The number of urea groups is 1. The van der Waals surface area contributed by atoms with Gasteiger partial charge in [0.1, 0.15) is 5.75 Å². The number of nitrogens with zero attached hydrogens (tertiary/aromatic N) is 1. The van der Waals surface area contributed by atoms with Crippen molar-refractivity contribution in [3.63, 3.8) is 0 Å². The highest BCUT2D eigenvalue weighted by atomic mass is 19.4. The number of hydrogen-bond donors (Lipinski definition) is 2. The number of allylic oxidation sites excluding steroid dienone is 1. The van der Waals surface area contributed by atoms with Crippen LogP contribution in [-0.2, 0) is 17.5 Å². The molecule has 6 nitrogen and oxygen atoms in total. The van der Waals surface area contributed by atoms with Crippen molar-refractivity contribution in [1.82, 2.24) is 5.32 Å². The van der Waals surface area contributed by atoms with Crippen molar-refractivity contribution in [2.24, 2.45) is 0 Å². The van der Waals surface area contributed by atoms with Crippen LogP contribution in [0.1, 0.15) is 36.5 Å². The molecule has 0 fully saturated rings. The molecule has 0 aliphatic carbocycles. The lowest BCUT2D eigenvalue weighted by molar-refractivity contribution is -0.137. The molecule has 0 aromatic heterocycles. The van der Waals surface area contributed by atoms with E-state index in [0.717, 1.165) is 17.7 Å². The molecule has 4 rings (SSSR count). The molecular formula is C23H22F3N3O3. The lowest BCUT2D eigenvalue weighted by Crippen LogP contribution is -2.44. The Labute approximate surface area is 183 Å². The molecular weight excluding hydrogens is 423 g/mol. The number of nitrogens with one attached hydrogen (secondary N) is 2. The van der Waals surface area contributed by atoms with Crippen LogP contribution >= 0.6 is 0 Å². The summed E-state index contributed by atoms with van der Waals surface area (Å²) in [7, 11) is 0. The number of alkyl halides is 3. The molecule has 0 spiro atoms. The van der Waals surface area contributed by atoms with Gasteiger partial charge in [0.15, 0.2) is 0 Å². The van der Waals surface area contributed by atoms with Crippen molar-refractivity contribution in [2.45, 2.75) is 32.5 Å². The van der Waals surface area contributed by atoms with Crippen LogP contribution in [0.4, 0.5) is 29.3 Å². The first-order chi connectivity index (χ1) is 15.3. The second-order valence-corrected chi connectivity index (χ2v) is 7.53. The van der Waals surface area contributed by atoms with E-state index in [0.29, 0.717) is 48.7 Å². The van der Waals surface area contributed by atoms with Crippen molar-refractivity contribution in [1.29, 1.82) is 0 Å². The Balaban J connectivity index is 1.65. The second kappa shape index (κ2) is 8.57. The number of rotatable bonds is 3. The van der Waals surface area contributed by atoms with Gasteiger partial charge in [-0.3, -0.25) is 9.69 Å². The average molecular weight is 445 g/mol. The number of carbonyl (C=O) groups is 2. The first-order valence-electron chi connectivity index (χ1n) is 10.3. The number of hydrogen-bond acceptors (Lipinski definition) is 3. The van der Waals surface area contributed by atoms with Gasteiger partial charge in [0.25, 0.3) is 0 Å². The van der Waals surface area contributed by atoms with Gasteiger partial charge < -0.3 is 15.4 Å². The van der Waals surface area contributed by atoms with E-state index in [1.54, 1.807) is 17.0 Å². The number of benzene rings is 2. The SMILES string of the molecule is CCN1C(=O)NCc2c(NC(=O)/C=C3\CCCOc4ccc(C(F)(F)F)cc43)cccc21. The molecule has 2 aliphatic heterocycles. The number of ether oxygens (including phenoxy) is 1. The first kappa shape index (κ1) is 21.7. The molecule has 2 N–H and O–H groups in total. The molecule has 2 heterocycles. The standard InChI is InChI=1S/C23H22F3N3O3/c1-2-29-19-7-3-6-18(17(19)13-27-22(29)31)28-21(30)11-14-5-4-10-32-20-9-8-15(12-16(14)20)23(24,25)26/h3,6-9,11-12H,2,4-5,10,13H2,1H3,(H,27,31)(H,28,30)/b14-11+. The van der Waals surface area contributed by atoms with Gasteiger partial charge in [0, 0.05) is 36.0 Å². The maximum atomic E-state index is 13.2. The van der Waals surface area contributed by atoms with Crippen molar-refractivity contribution >= 4 is 28.9 Å². The van der Waals surface area contributed by atoms with E-state index in [9.17, 15) is 22.8 Å². The number of carbonyl (C=O) groups excluding carboxylic acids is 2. The summed E-state index contributed by atoms with van der Waals surface area (Å²) in [5, 5.41) is 5.59. The van der Waals surface area contributed by atoms with Crippen molar-refractivity contribution in [3.8, 4) is 5.75 Å². The van der Waals surface area contributed by atoms with Gasteiger partial charge in [-0.05, 0) is 55.7 Å². The summed E-state index contributed by atoms with van der Waals surface area (Å²) in [6, 6.07) is 8.37. The zero-order valence-electron chi connectivity index (χ0n) is 17.4. The van der Waals surface area contributed by atoms with E-state index >= 15 is 0 Å². The summed E-state index contributed by atoms with van der Waals surface area (Å²) < 4.78 is 45.2. The van der Waals surface area contributed by atoms with Crippen molar-refractivity contribution in [3.05, 3.63) is 59.2 Å². The van der Waals surface area contributed by atoms with Crippen molar-refractivity contribution < 1.29 is 27.5 Å². The normalized spacial score (nSPS) is 17.1. The van der Waals surface area contributed by atoms with E-state index in [1.807, 2.05) is 13.0 Å². The molecule has 3 amide bonds. The minimum Gasteiger partial charge on any atom is -0.493 e. The quantitative estimate of drug-likeness (QED) is 0.657. The fourth-order valence-electron chi connectivity index (χ4n) is 3.95. The topological polar surface area (TPSA) is 70.7 Å². The fraction of sp³-hybridized carbons (Fsp3) is 0.304. The summed E-state index contributed by atoms with van der Waals surface area (Å²) >= 11 is 0. The maximum absolute atomic E-state index is 13.2. The molecule has 0 saturated carbocycles. The van der Waals surface area contributed by atoms with E-state index in [1.165, 1.54) is 12.1 Å². The highest BCUT2D eigenvalue weighted by Gasteiger charge is 2.32. The lowest BCUT2D eigenvalue weighted by atomic mass is 9.98. The largest absolute Gasteiger partial charge is 0.493 e. The zero-order chi connectivity index (χ0) is 22.9. The smallest absolute Gasteiger partial charge is 0.416 e. The van der Waals surface area contributed by atoms with Gasteiger partial charge in [-0.15, -0.1) is 0 Å². The van der Waals surface area contributed by atoms with Crippen LogP contribution < -0.4 is 20.3 Å². The third kappa shape index (κ3) is 4.28. The van der Waals surface area contributed by atoms with E-state index in [-0.39, 0.29) is 18.1 Å². The first-order valence-corrected chi connectivity index (χ1v) is 10.3. The molecule has 2 aliphatic rings. The van der Waals surface area contributed by atoms with E-state index < -0.39 is 17.6 Å². The van der Waals surface area contributed by atoms with Gasteiger partial charge >= 0.3 is 12.2 Å². The van der Waals surface area contributed by atoms with Crippen LogP contribution in [0.15, 0.2) is 42.5 Å². The number of halogens is 3. The maximum Gasteiger partial charge on any atom is 0.416 e. The highest BCUT2D eigenvalue weighted by molar-refractivity contribution is 6.06. The minimum atomic E-state index is -4.49. The Kier molecular flexibility index (Phi) is 5.82. The van der Waals surface area contributed by atoms with Crippen LogP contribution in [0, 0.1) is 0 Å². The monoisotopic (exact) mass is 445 g/mol. The van der Waals surface area contributed by atoms with Gasteiger partial charge in [-0.2, -0.15) is 13.2 Å². The summed E-state index contributed by atoms with van der Waals surface area (Å²) in [5.74, 6) is -0.133. The number of fused-ring (bicyclic) bond motifs is 2. The van der Waals surface area contributed by atoms with Gasteiger partial charge in [0.05, 0.1) is 17.9 Å². The van der Waals surface area contributed by atoms with Gasteiger partial charge in [0.2, 0.25) is 5.91 Å². The summed E-state index contributed by atoms with van der Waals surface area (Å²) in [6.45, 7) is 2.95. The number of amides is 3. The molecule has 0 bridgehead atoms. The summed E-state index contributed by atoms with van der Waals surface area (Å²) in [6.07, 6.45) is -2.18. The van der Waals surface area contributed by atoms with E-state index in [2.05, 4.69) is 10.6 Å². The zero-order valence-corrected chi connectivity index (χ0v) is 17.4. The van der Waals surface area contributed by atoms with Crippen LogP contribution in [0.3, 0.4) is 0 Å². The third-order valence-electron chi connectivity index (χ3n) is 5.48. The Bertz CT molecular complexity index is 1100. The van der Waals surface area contributed by atoms with Gasteiger partial charge in [-0.1, -0.05) is 6.07 Å². The Morgan fingerprint density at radius 1 is 1.28 bits per heavy atom. The molecule has 0 atom stereocenters. The number of anilines is 2. The third-order valence-corrected chi connectivity index (χ3v) is 5.48. The summed E-state index contributed by atoms with van der Waals surface area (Å²) in [4.78, 5) is 26.5. The fourth-order valence-corrected chi connectivity index (χ4v) is 3.95. The molecule has 0 radical (unpaired) electrons. The van der Waals surface area contributed by atoms with Crippen LogP contribution in [-0.4, -0.2) is 25.1 Å². The molecule has 168 valence electrons. The predicted molar refractivity (Wildman–Crippen MR) is 114 cm³/mol. The van der Waals surface area contributed by atoms with Crippen LogP contribution in [0.2, 0.25) is 0 Å². The molecule has 0 unspecified atom stereocenters. The molecule has 2 aromatic rings. The Morgan fingerprint density at radius 3 is 2.84 bits per heavy atom. The molecule has 0 saturated heterocycles. The minimum absolute atomic E-state index is 0.207. The van der Waals surface area contributed by atoms with Crippen LogP contribution in [0.5, 0.6) is 5.75 Å². The van der Waals surface area contributed by atoms with Crippen LogP contribution in [0.25, 0.3) is 5.57 Å². The lowest BCUT2D eigenvalue weighted by Gasteiger charge is -2.30. The highest BCUT2D eigenvalue weighted by Crippen LogP contribution is 2.38. The average Bonchev–Trinajstić information content (AvgIpc) is 2.95. The summed E-state index contributed by atoms with van der Waals surface area (Å²) in [5.41, 5.74) is 1.98. The Morgan fingerprint density at radius 2 is 2.09 bits per heavy atom. The van der Waals surface area contributed by atoms with Gasteiger partial charge in [-0.25, -0.2) is 4.79 Å². The predicted octanol–water partition coefficient (Wildman–Crippen LogP) is 4.95. The Hall–Kier alpha value is -3.49. The molecule has 2 aromatic carbocycles. The van der Waals surface area contributed by atoms with E-state index in [4.69, 9.17) is 4.74 Å².